The first-order valence-electron chi connectivity index (χ1n) is 4.22. The van der Waals surface area contributed by atoms with Gasteiger partial charge in [-0.1, -0.05) is 20.8 Å². The van der Waals surface area contributed by atoms with E-state index in [1.165, 1.54) is 0 Å². The Balaban J connectivity index is 4.40. The van der Waals surface area contributed by atoms with Crippen LogP contribution < -0.4 is 4.72 Å². The van der Waals surface area contributed by atoms with Gasteiger partial charge in [-0.3, -0.25) is 0 Å². The fourth-order valence-electron chi connectivity index (χ4n) is 1.01. The highest BCUT2D eigenvalue weighted by molar-refractivity contribution is 7.92. The molecule has 0 bridgehead atoms. The summed E-state index contributed by atoms with van der Waals surface area (Å²) >= 11 is 0. The SMILES string of the molecule is CCC(NS(=O)(=O)/C=C/F)C(C)C. The van der Waals surface area contributed by atoms with Crippen LogP contribution in [-0.2, 0) is 10.0 Å². The Morgan fingerprint density at radius 1 is 1.46 bits per heavy atom. The first-order chi connectivity index (χ1) is 5.93. The molecule has 1 unspecified atom stereocenters. The van der Waals surface area contributed by atoms with Crippen molar-refractivity contribution in [1.82, 2.24) is 4.72 Å². The Morgan fingerprint density at radius 2 is 2.00 bits per heavy atom. The van der Waals surface area contributed by atoms with Crippen LogP contribution >= 0.6 is 0 Å². The van der Waals surface area contributed by atoms with E-state index in [1.807, 2.05) is 20.8 Å². The van der Waals surface area contributed by atoms with Crippen LogP contribution in [0.15, 0.2) is 11.7 Å². The van der Waals surface area contributed by atoms with Crippen molar-refractivity contribution in [3.05, 3.63) is 11.7 Å². The molecule has 3 nitrogen and oxygen atoms in total. The lowest BCUT2D eigenvalue weighted by molar-refractivity contribution is 0.439. The smallest absolute Gasteiger partial charge is 0.215 e. The molecule has 0 saturated heterocycles. The second-order valence-corrected chi connectivity index (χ2v) is 4.78. The summed E-state index contributed by atoms with van der Waals surface area (Å²) in [6.07, 6.45) is 0.715. The molecule has 5 heteroatoms. The third-order valence-corrected chi connectivity index (χ3v) is 2.88. The molecule has 0 radical (unpaired) electrons. The number of rotatable bonds is 5. The lowest BCUT2D eigenvalue weighted by atomic mass is 10.0. The lowest BCUT2D eigenvalue weighted by Gasteiger charge is -2.18. The maximum Gasteiger partial charge on any atom is 0.236 e. The van der Waals surface area contributed by atoms with E-state index in [4.69, 9.17) is 0 Å². The highest BCUT2D eigenvalue weighted by Gasteiger charge is 2.16. The summed E-state index contributed by atoms with van der Waals surface area (Å²) in [7, 11) is -3.59. The molecule has 1 N–H and O–H groups in total. The zero-order valence-electron chi connectivity index (χ0n) is 8.12. The Kier molecular flexibility index (Phi) is 5.17. The van der Waals surface area contributed by atoms with Crippen molar-refractivity contribution in [2.75, 3.05) is 0 Å². The minimum atomic E-state index is -3.59. The minimum Gasteiger partial charge on any atom is -0.215 e. The molecule has 0 aromatic rings. The average Bonchev–Trinajstić information content (AvgIpc) is 1.99. The van der Waals surface area contributed by atoms with E-state index in [0.717, 1.165) is 0 Å². The van der Waals surface area contributed by atoms with Gasteiger partial charge >= 0.3 is 0 Å². The molecule has 0 rings (SSSR count). The molecule has 0 aliphatic rings. The summed E-state index contributed by atoms with van der Waals surface area (Å²) in [6.45, 7) is 5.71. The van der Waals surface area contributed by atoms with E-state index in [-0.39, 0.29) is 18.3 Å². The molecular formula is C8H16FNO2S. The van der Waals surface area contributed by atoms with Gasteiger partial charge in [0, 0.05) is 6.04 Å². The van der Waals surface area contributed by atoms with Crippen molar-refractivity contribution in [1.29, 1.82) is 0 Å². The maximum atomic E-state index is 11.6. The summed E-state index contributed by atoms with van der Waals surface area (Å²) < 4.78 is 36.2. The van der Waals surface area contributed by atoms with E-state index < -0.39 is 10.0 Å². The highest BCUT2D eigenvalue weighted by atomic mass is 32.2. The molecule has 13 heavy (non-hydrogen) atoms. The van der Waals surface area contributed by atoms with Crippen LogP contribution in [0.2, 0.25) is 0 Å². The molecule has 0 aliphatic carbocycles. The average molecular weight is 209 g/mol. The van der Waals surface area contributed by atoms with Crippen LogP contribution in [0.5, 0.6) is 0 Å². The Labute approximate surface area is 79.1 Å². The normalized spacial score (nSPS) is 15.5. The quantitative estimate of drug-likeness (QED) is 0.750. The van der Waals surface area contributed by atoms with E-state index in [9.17, 15) is 12.8 Å². The van der Waals surface area contributed by atoms with Crippen molar-refractivity contribution in [2.45, 2.75) is 33.2 Å². The molecule has 0 aromatic heterocycles. The number of hydrogen-bond donors (Lipinski definition) is 1. The van der Waals surface area contributed by atoms with Gasteiger partial charge in [-0.15, -0.1) is 0 Å². The predicted octanol–water partition coefficient (Wildman–Crippen LogP) is 1.78. The Morgan fingerprint density at radius 3 is 2.31 bits per heavy atom. The van der Waals surface area contributed by atoms with Crippen molar-refractivity contribution < 1.29 is 12.8 Å². The third-order valence-electron chi connectivity index (χ3n) is 1.79. The van der Waals surface area contributed by atoms with Crippen molar-refractivity contribution in [2.24, 2.45) is 5.92 Å². The molecule has 78 valence electrons. The molecular weight excluding hydrogens is 193 g/mol. The van der Waals surface area contributed by atoms with Crippen LogP contribution in [0.1, 0.15) is 27.2 Å². The van der Waals surface area contributed by atoms with E-state index >= 15 is 0 Å². The van der Waals surface area contributed by atoms with Gasteiger partial charge in [0.1, 0.15) is 0 Å². The Bertz CT molecular complexity index is 259. The molecule has 0 heterocycles. The maximum absolute atomic E-state index is 11.6. The third kappa shape index (κ3) is 5.00. The summed E-state index contributed by atoms with van der Waals surface area (Å²) in [6, 6.07) is -0.138. The summed E-state index contributed by atoms with van der Waals surface area (Å²) in [5.74, 6) is 0.202. The molecule has 0 spiro atoms. The molecule has 1 atom stereocenters. The van der Waals surface area contributed by atoms with Crippen molar-refractivity contribution in [3.8, 4) is 0 Å². The van der Waals surface area contributed by atoms with Gasteiger partial charge < -0.3 is 0 Å². The molecule has 0 aliphatic heterocycles. The zero-order valence-corrected chi connectivity index (χ0v) is 8.94. The number of sulfonamides is 1. The first kappa shape index (κ1) is 12.6. The summed E-state index contributed by atoms with van der Waals surface area (Å²) in [4.78, 5) is 0. The standard InChI is InChI=1S/C8H16FNO2S/c1-4-8(7(2)3)10-13(11,12)6-5-9/h5-8,10H,4H2,1-3H3/b6-5+. The fraction of sp³-hybridized carbons (Fsp3) is 0.750. The second kappa shape index (κ2) is 5.34. The second-order valence-electron chi connectivity index (χ2n) is 3.18. The largest absolute Gasteiger partial charge is 0.236 e. The van der Waals surface area contributed by atoms with Gasteiger partial charge in [0.15, 0.2) is 0 Å². The van der Waals surface area contributed by atoms with Gasteiger partial charge in [-0.25, -0.2) is 17.5 Å². The monoisotopic (exact) mass is 209 g/mol. The van der Waals surface area contributed by atoms with Gasteiger partial charge in [0.25, 0.3) is 0 Å². The predicted molar refractivity (Wildman–Crippen MR) is 51.2 cm³/mol. The van der Waals surface area contributed by atoms with Gasteiger partial charge in [0.05, 0.1) is 11.7 Å². The topological polar surface area (TPSA) is 46.2 Å². The highest BCUT2D eigenvalue weighted by Crippen LogP contribution is 2.07. The summed E-state index contributed by atoms with van der Waals surface area (Å²) in [5.41, 5.74) is 0. The molecule has 0 saturated carbocycles. The number of nitrogens with one attached hydrogen (secondary N) is 1. The van der Waals surface area contributed by atoms with Crippen LogP contribution in [0.4, 0.5) is 4.39 Å². The fourth-order valence-corrected chi connectivity index (χ4v) is 2.08. The van der Waals surface area contributed by atoms with Gasteiger partial charge in [-0.05, 0) is 12.3 Å². The van der Waals surface area contributed by atoms with Crippen LogP contribution in [0.25, 0.3) is 0 Å². The van der Waals surface area contributed by atoms with Crippen LogP contribution in [-0.4, -0.2) is 14.5 Å². The van der Waals surface area contributed by atoms with Crippen molar-refractivity contribution in [3.63, 3.8) is 0 Å². The zero-order chi connectivity index (χ0) is 10.5. The van der Waals surface area contributed by atoms with Crippen molar-refractivity contribution >= 4 is 10.0 Å². The van der Waals surface area contributed by atoms with E-state index in [1.54, 1.807) is 0 Å². The lowest BCUT2D eigenvalue weighted by Crippen LogP contribution is -2.36. The van der Waals surface area contributed by atoms with Gasteiger partial charge in [-0.2, -0.15) is 0 Å². The molecule has 0 aromatic carbocycles. The van der Waals surface area contributed by atoms with E-state index in [0.29, 0.717) is 11.8 Å². The van der Waals surface area contributed by atoms with Crippen LogP contribution in [0, 0.1) is 5.92 Å². The summed E-state index contributed by atoms with van der Waals surface area (Å²) in [5, 5.41) is 0.526. The van der Waals surface area contributed by atoms with E-state index in [2.05, 4.69) is 4.72 Å². The molecule has 0 fully saturated rings. The number of halogens is 1. The first-order valence-corrected chi connectivity index (χ1v) is 5.76. The number of hydrogen-bond acceptors (Lipinski definition) is 2. The molecule has 0 amide bonds. The Hall–Kier alpha value is -0.420. The van der Waals surface area contributed by atoms with Gasteiger partial charge in [0.2, 0.25) is 10.0 Å². The minimum absolute atomic E-state index is 0.0232. The van der Waals surface area contributed by atoms with Crippen LogP contribution in [0.3, 0.4) is 0 Å².